The number of anilines is 4. The molecule has 0 bridgehead atoms. The fraction of sp³-hybridized carbons (Fsp3) is 0.217. The third-order valence-corrected chi connectivity index (χ3v) is 12.5. The van der Waals surface area contributed by atoms with Gasteiger partial charge in [0.1, 0.15) is 17.3 Å². The topological polar surface area (TPSA) is 42.3 Å². The highest BCUT2D eigenvalue weighted by molar-refractivity contribution is 6.11. The lowest BCUT2D eigenvalue weighted by Gasteiger charge is -2.27. The smallest absolute Gasteiger partial charge is 0.137 e. The van der Waals surface area contributed by atoms with E-state index in [0.29, 0.717) is 0 Å². The fourth-order valence-corrected chi connectivity index (χ4v) is 8.85. The van der Waals surface area contributed by atoms with Crippen LogP contribution in [0.5, 0.6) is 11.5 Å². The van der Waals surface area contributed by atoms with Gasteiger partial charge in [-0.05, 0) is 128 Å². The van der Waals surface area contributed by atoms with E-state index in [1.807, 2.05) is 12.3 Å². The molecule has 0 unspecified atom stereocenters. The zero-order valence-corrected chi connectivity index (χ0v) is 39.5. The van der Waals surface area contributed by atoms with Crippen LogP contribution in [0, 0.1) is 0 Å². The first-order valence-corrected chi connectivity index (χ1v) is 22.7. The summed E-state index contributed by atoms with van der Waals surface area (Å²) >= 11 is 0. The van der Waals surface area contributed by atoms with Crippen LogP contribution < -0.4 is 15.0 Å². The molecule has 65 heavy (non-hydrogen) atoms. The van der Waals surface area contributed by atoms with Gasteiger partial charge < -0.3 is 15.0 Å². The fourth-order valence-electron chi connectivity index (χ4n) is 8.85. The molecule has 326 valence electrons. The Hall–Kier alpha value is -7.11. The van der Waals surface area contributed by atoms with Crippen molar-refractivity contribution < 1.29 is 4.74 Å². The normalized spacial score (nSPS) is 12.2. The molecule has 0 saturated carbocycles. The van der Waals surface area contributed by atoms with Gasteiger partial charge in [0.05, 0.1) is 22.4 Å². The highest BCUT2D eigenvalue weighted by Crippen LogP contribution is 2.43. The second-order valence-corrected chi connectivity index (χ2v) is 20.4. The summed E-state index contributed by atoms with van der Waals surface area (Å²) in [4.78, 5) is 7.22. The van der Waals surface area contributed by atoms with Gasteiger partial charge in [0, 0.05) is 47.5 Å². The minimum absolute atomic E-state index is 0.0241. The molecule has 0 fully saturated rings. The van der Waals surface area contributed by atoms with E-state index >= 15 is 0 Å². The van der Waals surface area contributed by atoms with E-state index < -0.39 is 0 Å². The zero-order valence-electron chi connectivity index (χ0n) is 39.5. The predicted molar refractivity (Wildman–Crippen MR) is 276 cm³/mol. The molecule has 7 aromatic carbocycles. The minimum atomic E-state index is -0.0555. The lowest BCUT2D eigenvalue weighted by Crippen LogP contribution is -2.16. The molecule has 5 heteroatoms. The monoisotopic (exact) mass is 852 g/mol. The van der Waals surface area contributed by atoms with Crippen molar-refractivity contribution in [2.75, 3.05) is 17.3 Å². The predicted octanol–water partition coefficient (Wildman–Crippen LogP) is 16.7. The van der Waals surface area contributed by atoms with Gasteiger partial charge in [0.15, 0.2) is 0 Å². The van der Waals surface area contributed by atoms with E-state index in [1.165, 1.54) is 38.6 Å². The molecule has 5 nitrogen and oxygen atoms in total. The molecule has 9 rings (SSSR count). The molecular weight excluding hydrogens is 793 g/mol. The molecule has 0 aliphatic heterocycles. The number of benzene rings is 7. The van der Waals surface area contributed by atoms with Crippen LogP contribution in [-0.2, 0) is 16.2 Å². The Morgan fingerprint density at radius 2 is 1.14 bits per heavy atom. The lowest BCUT2D eigenvalue weighted by molar-refractivity contribution is 0.483. The second-order valence-electron chi connectivity index (χ2n) is 20.4. The number of hydrogen-bond acceptors (Lipinski definition) is 4. The van der Waals surface area contributed by atoms with Crippen molar-refractivity contribution >= 4 is 44.6 Å². The molecular formula is C60H60N4O. The van der Waals surface area contributed by atoms with Crippen molar-refractivity contribution in [1.82, 2.24) is 9.55 Å². The first kappa shape index (κ1) is 43.2. The lowest BCUT2D eigenvalue weighted by atomic mass is 9.84. The summed E-state index contributed by atoms with van der Waals surface area (Å²) in [5, 5.41) is 6.29. The quantitative estimate of drug-likeness (QED) is 0.157. The molecule has 0 atom stereocenters. The van der Waals surface area contributed by atoms with E-state index in [1.54, 1.807) is 0 Å². The van der Waals surface area contributed by atoms with E-state index in [0.717, 1.165) is 62.2 Å². The third-order valence-electron chi connectivity index (χ3n) is 12.5. The van der Waals surface area contributed by atoms with Gasteiger partial charge in [0.2, 0.25) is 0 Å². The van der Waals surface area contributed by atoms with Gasteiger partial charge in [0.25, 0.3) is 0 Å². The SMILES string of the molecule is CN(c1cccc(Oc2ccc3c4c(C(C)(C)C)cccc4n(-c4cc(C(C)(C)C)ccn4)c3c2)c1)c1cc(C(C)(C)C)ccc1Nc1cc(-c2ccccc2)cc(-c2ccccc2)c1. The van der Waals surface area contributed by atoms with Gasteiger partial charge in [-0.2, -0.15) is 0 Å². The third kappa shape index (κ3) is 8.89. The van der Waals surface area contributed by atoms with Crippen LogP contribution in [0.4, 0.5) is 22.7 Å². The van der Waals surface area contributed by atoms with Gasteiger partial charge >= 0.3 is 0 Å². The second kappa shape index (κ2) is 16.8. The van der Waals surface area contributed by atoms with E-state index in [2.05, 4.69) is 248 Å². The van der Waals surface area contributed by atoms with Crippen molar-refractivity contribution in [1.29, 1.82) is 0 Å². The minimum Gasteiger partial charge on any atom is -0.457 e. The molecule has 1 N–H and O–H groups in total. The van der Waals surface area contributed by atoms with Crippen LogP contribution in [0.15, 0.2) is 176 Å². The number of fused-ring (bicyclic) bond motifs is 3. The summed E-state index contributed by atoms with van der Waals surface area (Å²) in [5.41, 5.74) is 14.6. The maximum Gasteiger partial charge on any atom is 0.137 e. The summed E-state index contributed by atoms with van der Waals surface area (Å²) in [7, 11) is 2.14. The first-order chi connectivity index (χ1) is 31.0. The van der Waals surface area contributed by atoms with Crippen LogP contribution in [0.1, 0.15) is 79.0 Å². The highest BCUT2D eigenvalue weighted by Gasteiger charge is 2.24. The number of nitrogens with one attached hydrogen (secondary N) is 1. The molecule has 0 radical (unpaired) electrons. The largest absolute Gasteiger partial charge is 0.457 e. The van der Waals surface area contributed by atoms with Crippen LogP contribution in [0.25, 0.3) is 49.9 Å². The van der Waals surface area contributed by atoms with Crippen molar-refractivity contribution in [2.24, 2.45) is 0 Å². The Morgan fingerprint density at radius 3 is 1.78 bits per heavy atom. The van der Waals surface area contributed by atoms with E-state index in [4.69, 9.17) is 9.72 Å². The number of pyridine rings is 1. The Balaban J connectivity index is 1.10. The zero-order chi connectivity index (χ0) is 45.7. The molecule has 2 heterocycles. The molecule has 0 aliphatic rings. The number of hydrogen-bond donors (Lipinski definition) is 1. The van der Waals surface area contributed by atoms with Gasteiger partial charge in [-0.3, -0.25) is 4.57 Å². The van der Waals surface area contributed by atoms with Crippen molar-refractivity contribution in [2.45, 2.75) is 78.6 Å². The maximum atomic E-state index is 6.81. The number of rotatable bonds is 9. The van der Waals surface area contributed by atoms with Crippen LogP contribution in [0.3, 0.4) is 0 Å². The summed E-state index contributed by atoms with van der Waals surface area (Å²) < 4.78 is 9.12. The van der Waals surface area contributed by atoms with Gasteiger partial charge in [-0.25, -0.2) is 4.98 Å². The molecule has 2 aromatic heterocycles. The summed E-state index contributed by atoms with van der Waals surface area (Å²) in [6.45, 7) is 20.4. The van der Waals surface area contributed by atoms with Crippen LogP contribution in [-0.4, -0.2) is 16.6 Å². The first-order valence-electron chi connectivity index (χ1n) is 22.7. The average Bonchev–Trinajstić information content (AvgIpc) is 3.62. The van der Waals surface area contributed by atoms with E-state index in [-0.39, 0.29) is 16.2 Å². The average molecular weight is 853 g/mol. The van der Waals surface area contributed by atoms with E-state index in [9.17, 15) is 0 Å². The Labute approximate surface area is 385 Å². The van der Waals surface area contributed by atoms with Crippen molar-refractivity contribution in [3.8, 4) is 39.6 Å². The molecule has 0 saturated heterocycles. The summed E-state index contributed by atoms with van der Waals surface area (Å²) in [6.07, 6.45) is 1.94. The molecule has 0 aliphatic carbocycles. The maximum absolute atomic E-state index is 6.81. The molecule has 0 spiro atoms. The molecule has 0 amide bonds. The number of nitrogens with zero attached hydrogens (tertiary/aromatic N) is 3. The van der Waals surface area contributed by atoms with Crippen molar-refractivity contribution in [3.05, 3.63) is 193 Å². The van der Waals surface area contributed by atoms with Crippen molar-refractivity contribution in [3.63, 3.8) is 0 Å². The Kier molecular flexibility index (Phi) is 11.1. The van der Waals surface area contributed by atoms with Gasteiger partial charge in [-0.15, -0.1) is 0 Å². The van der Waals surface area contributed by atoms with Gasteiger partial charge in [-0.1, -0.05) is 147 Å². The van der Waals surface area contributed by atoms with Crippen LogP contribution >= 0.6 is 0 Å². The summed E-state index contributed by atoms with van der Waals surface area (Å²) in [5.74, 6) is 2.41. The van der Waals surface area contributed by atoms with Crippen LogP contribution in [0.2, 0.25) is 0 Å². The Bertz CT molecular complexity index is 3100. The highest BCUT2D eigenvalue weighted by atomic mass is 16.5. The number of aromatic nitrogens is 2. The Morgan fingerprint density at radius 1 is 0.508 bits per heavy atom. The number of ether oxygens (including phenoxy) is 1. The standard InChI is InChI=1S/C60H60N4O/c1-58(2,3)44-27-30-52(62-46-34-42(40-19-13-11-14-20-40)33-43(35-46)41-21-15-12-16-22-41)55(36-44)63(10)47-23-17-24-48(38-47)65-49-28-29-50-54(39-49)64(56-37-45(31-32-61-56)59(4,5)6)53-26-18-25-51(57(50)53)60(7,8)9/h11-39,62H,1-10H3. The molecule has 9 aromatic rings. The summed E-state index contributed by atoms with van der Waals surface area (Å²) in [6, 6.07) is 60.6.